The fraction of sp³-hybridized carbons (Fsp3) is 0.0526. The second kappa shape index (κ2) is 7.89. The molecule has 0 unspecified atom stereocenters. The van der Waals surface area contributed by atoms with E-state index in [1.807, 2.05) is 30.3 Å². The van der Waals surface area contributed by atoms with E-state index in [-0.39, 0.29) is 5.69 Å². The number of esters is 1. The minimum Gasteiger partial charge on any atom is -0.465 e. The summed E-state index contributed by atoms with van der Waals surface area (Å²) in [6.45, 7) is 0. The summed E-state index contributed by atoms with van der Waals surface area (Å²) < 4.78 is 4.63. The molecule has 0 saturated carbocycles. The van der Waals surface area contributed by atoms with E-state index in [9.17, 15) is 9.59 Å². The molecular weight excluding hydrogens is 332 g/mol. The first-order chi connectivity index (χ1) is 12.7. The van der Waals surface area contributed by atoms with Crippen molar-refractivity contribution in [3.63, 3.8) is 0 Å². The van der Waals surface area contributed by atoms with Crippen LogP contribution in [0.2, 0.25) is 0 Å². The van der Waals surface area contributed by atoms with Gasteiger partial charge in [-0.25, -0.2) is 14.8 Å². The number of benzene rings is 2. The quantitative estimate of drug-likeness (QED) is 0.688. The van der Waals surface area contributed by atoms with Crippen molar-refractivity contribution < 1.29 is 14.3 Å². The number of nitrogens with zero attached hydrogens (tertiary/aromatic N) is 2. The second-order valence-electron chi connectivity index (χ2n) is 5.30. The van der Waals surface area contributed by atoms with E-state index in [0.717, 1.165) is 5.69 Å². The van der Waals surface area contributed by atoms with Crippen molar-refractivity contribution in [3.05, 3.63) is 78.2 Å². The summed E-state index contributed by atoms with van der Waals surface area (Å²) in [5.74, 6) is -0.292. The fourth-order valence-electron chi connectivity index (χ4n) is 2.18. The molecule has 1 aromatic heterocycles. The zero-order valence-corrected chi connectivity index (χ0v) is 14.0. The lowest BCUT2D eigenvalue weighted by atomic mass is 10.2. The third-order valence-electron chi connectivity index (χ3n) is 3.49. The molecule has 3 rings (SSSR count). The Hall–Kier alpha value is -3.74. The van der Waals surface area contributed by atoms with E-state index in [1.54, 1.807) is 24.3 Å². The molecule has 7 nitrogen and oxygen atoms in total. The molecule has 7 heteroatoms. The van der Waals surface area contributed by atoms with Gasteiger partial charge in [-0.3, -0.25) is 4.79 Å². The van der Waals surface area contributed by atoms with Gasteiger partial charge in [0.1, 0.15) is 11.5 Å². The predicted molar refractivity (Wildman–Crippen MR) is 97.5 cm³/mol. The lowest BCUT2D eigenvalue weighted by Gasteiger charge is -2.07. The molecule has 0 aliphatic heterocycles. The van der Waals surface area contributed by atoms with Gasteiger partial charge in [0.05, 0.1) is 25.1 Å². The van der Waals surface area contributed by atoms with Crippen LogP contribution in [0.1, 0.15) is 20.8 Å². The summed E-state index contributed by atoms with van der Waals surface area (Å²) in [6.07, 6.45) is 2.88. The van der Waals surface area contributed by atoms with Crippen LogP contribution >= 0.6 is 0 Å². The van der Waals surface area contributed by atoms with E-state index in [0.29, 0.717) is 17.1 Å². The second-order valence-corrected chi connectivity index (χ2v) is 5.30. The first kappa shape index (κ1) is 17.1. The highest BCUT2D eigenvalue weighted by Crippen LogP contribution is 2.14. The summed E-state index contributed by atoms with van der Waals surface area (Å²) in [5, 5.41) is 5.79. The third kappa shape index (κ3) is 4.21. The van der Waals surface area contributed by atoms with Crippen molar-refractivity contribution in [2.75, 3.05) is 17.7 Å². The Balaban J connectivity index is 1.63. The molecule has 0 aliphatic carbocycles. The maximum absolute atomic E-state index is 12.2. The number of hydrogen-bond acceptors (Lipinski definition) is 6. The van der Waals surface area contributed by atoms with Crippen LogP contribution in [0.15, 0.2) is 67.0 Å². The number of rotatable bonds is 5. The number of methoxy groups -OCH3 is 1. The molecule has 3 aromatic rings. The first-order valence-corrected chi connectivity index (χ1v) is 7.79. The smallest absolute Gasteiger partial charge is 0.337 e. The highest BCUT2D eigenvalue weighted by molar-refractivity contribution is 6.03. The molecule has 0 radical (unpaired) electrons. The third-order valence-corrected chi connectivity index (χ3v) is 3.49. The van der Waals surface area contributed by atoms with Gasteiger partial charge >= 0.3 is 5.97 Å². The van der Waals surface area contributed by atoms with Gasteiger partial charge in [0.15, 0.2) is 0 Å². The molecule has 26 heavy (non-hydrogen) atoms. The van der Waals surface area contributed by atoms with Gasteiger partial charge in [0.2, 0.25) is 0 Å². The average molecular weight is 348 g/mol. The van der Waals surface area contributed by atoms with Crippen molar-refractivity contribution in [1.29, 1.82) is 0 Å². The van der Waals surface area contributed by atoms with Crippen LogP contribution in [-0.4, -0.2) is 29.0 Å². The number of carbonyl (C=O) groups is 2. The van der Waals surface area contributed by atoms with Crippen LogP contribution in [0.25, 0.3) is 0 Å². The van der Waals surface area contributed by atoms with E-state index in [1.165, 1.54) is 19.5 Å². The molecule has 0 spiro atoms. The Morgan fingerprint density at radius 3 is 2.23 bits per heavy atom. The lowest BCUT2D eigenvalue weighted by molar-refractivity contribution is 0.0600. The molecule has 0 fully saturated rings. The fourth-order valence-corrected chi connectivity index (χ4v) is 2.18. The summed E-state index contributed by atoms with van der Waals surface area (Å²) in [6, 6.07) is 15.9. The van der Waals surface area contributed by atoms with Crippen LogP contribution in [0, 0.1) is 0 Å². The van der Waals surface area contributed by atoms with E-state index < -0.39 is 11.9 Å². The zero-order valence-electron chi connectivity index (χ0n) is 14.0. The molecule has 2 N–H and O–H groups in total. The van der Waals surface area contributed by atoms with Gasteiger partial charge in [0, 0.05) is 11.4 Å². The minimum absolute atomic E-state index is 0.181. The van der Waals surface area contributed by atoms with Gasteiger partial charge in [-0.2, -0.15) is 0 Å². The maximum atomic E-state index is 12.2. The standard InChI is InChI=1S/C19H16N4O3/c1-26-19(25)13-7-9-15(10-8-13)23-18(24)16-11-21-17(12-20-16)22-14-5-3-2-4-6-14/h2-12H,1H3,(H,21,22)(H,23,24). The zero-order chi connectivity index (χ0) is 18.4. The van der Waals surface area contributed by atoms with Crippen LogP contribution in [-0.2, 0) is 4.74 Å². The van der Waals surface area contributed by atoms with E-state index >= 15 is 0 Å². The summed E-state index contributed by atoms with van der Waals surface area (Å²) in [4.78, 5) is 31.9. The Morgan fingerprint density at radius 1 is 0.885 bits per heavy atom. The Labute approximate surface area is 150 Å². The largest absolute Gasteiger partial charge is 0.465 e. The molecule has 1 heterocycles. The Morgan fingerprint density at radius 2 is 1.62 bits per heavy atom. The van der Waals surface area contributed by atoms with Gasteiger partial charge in [-0.05, 0) is 36.4 Å². The number of carbonyl (C=O) groups excluding carboxylic acids is 2. The van der Waals surface area contributed by atoms with Crippen molar-refractivity contribution >= 4 is 29.1 Å². The Kier molecular flexibility index (Phi) is 5.19. The molecule has 1 amide bonds. The van der Waals surface area contributed by atoms with Crippen LogP contribution < -0.4 is 10.6 Å². The maximum Gasteiger partial charge on any atom is 0.337 e. The van der Waals surface area contributed by atoms with Crippen molar-refractivity contribution in [3.8, 4) is 0 Å². The Bertz CT molecular complexity index is 894. The van der Waals surface area contributed by atoms with Gasteiger partial charge in [-0.15, -0.1) is 0 Å². The van der Waals surface area contributed by atoms with E-state index in [2.05, 4.69) is 25.3 Å². The minimum atomic E-state index is -0.435. The van der Waals surface area contributed by atoms with Gasteiger partial charge in [0.25, 0.3) is 5.91 Å². The van der Waals surface area contributed by atoms with Crippen LogP contribution in [0.5, 0.6) is 0 Å². The van der Waals surface area contributed by atoms with Crippen LogP contribution in [0.4, 0.5) is 17.2 Å². The number of aromatic nitrogens is 2. The lowest BCUT2D eigenvalue weighted by Crippen LogP contribution is -2.14. The molecule has 0 aliphatic rings. The summed E-state index contributed by atoms with van der Waals surface area (Å²) >= 11 is 0. The van der Waals surface area contributed by atoms with Crippen molar-refractivity contribution in [1.82, 2.24) is 9.97 Å². The topological polar surface area (TPSA) is 93.2 Å². The highest BCUT2D eigenvalue weighted by Gasteiger charge is 2.10. The molecule has 0 saturated heterocycles. The summed E-state index contributed by atoms with van der Waals surface area (Å²) in [5.41, 5.74) is 2.00. The predicted octanol–water partition coefficient (Wildman–Crippen LogP) is 3.26. The molecule has 0 atom stereocenters. The van der Waals surface area contributed by atoms with Crippen molar-refractivity contribution in [2.45, 2.75) is 0 Å². The first-order valence-electron chi connectivity index (χ1n) is 7.79. The molecule has 2 aromatic carbocycles. The highest BCUT2D eigenvalue weighted by atomic mass is 16.5. The summed E-state index contributed by atoms with van der Waals surface area (Å²) in [7, 11) is 1.31. The average Bonchev–Trinajstić information content (AvgIpc) is 2.69. The van der Waals surface area contributed by atoms with Gasteiger partial charge < -0.3 is 15.4 Å². The number of nitrogens with one attached hydrogen (secondary N) is 2. The normalized spacial score (nSPS) is 10.0. The van der Waals surface area contributed by atoms with Gasteiger partial charge in [-0.1, -0.05) is 18.2 Å². The molecule has 0 bridgehead atoms. The monoisotopic (exact) mass is 348 g/mol. The number of hydrogen-bond donors (Lipinski definition) is 2. The molecular formula is C19H16N4O3. The SMILES string of the molecule is COC(=O)c1ccc(NC(=O)c2cnc(Nc3ccccc3)cn2)cc1. The van der Waals surface area contributed by atoms with Crippen LogP contribution in [0.3, 0.4) is 0 Å². The number of ether oxygens (including phenoxy) is 1. The number of para-hydroxylation sites is 1. The van der Waals surface area contributed by atoms with E-state index in [4.69, 9.17) is 0 Å². The molecule has 130 valence electrons. The van der Waals surface area contributed by atoms with Crippen molar-refractivity contribution in [2.24, 2.45) is 0 Å². The number of anilines is 3. The number of amides is 1.